The topological polar surface area (TPSA) is 61.4 Å². The second-order valence-electron chi connectivity index (χ2n) is 7.33. The highest BCUT2D eigenvalue weighted by molar-refractivity contribution is 6.30. The van der Waals surface area contributed by atoms with Gasteiger partial charge in [-0.2, -0.15) is 4.98 Å². The van der Waals surface area contributed by atoms with Gasteiger partial charge in [0.15, 0.2) is 5.78 Å². The molecule has 6 nitrogen and oxygen atoms in total. The van der Waals surface area contributed by atoms with Gasteiger partial charge in [0.05, 0.1) is 11.3 Å². The molecule has 1 aromatic carbocycles. The highest BCUT2D eigenvalue weighted by atomic mass is 35.5. The second-order valence-corrected chi connectivity index (χ2v) is 7.77. The Bertz CT molecular complexity index is 863. The summed E-state index contributed by atoms with van der Waals surface area (Å²) >= 11 is 6.12. The zero-order valence-corrected chi connectivity index (χ0v) is 16.5. The average Bonchev–Trinajstić information content (AvgIpc) is 2.67. The fourth-order valence-electron chi connectivity index (χ4n) is 3.92. The molecule has 1 aromatic heterocycles. The number of carbonyl (C=O) groups is 1. The molecule has 1 aliphatic heterocycles. The van der Waals surface area contributed by atoms with Crippen LogP contribution in [0.5, 0.6) is 0 Å². The lowest BCUT2D eigenvalue weighted by molar-refractivity contribution is 0.0952. The van der Waals surface area contributed by atoms with Gasteiger partial charge in [-0.05, 0) is 30.5 Å². The Kier molecular flexibility index (Phi) is 4.91. The minimum atomic E-state index is 0.144. The van der Waals surface area contributed by atoms with Gasteiger partial charge in [0.25, 0.3) is 0 Å². The van der Waals surface area contributed by atoms with Crippen LogP contribution in [-0.4, -0.2) is 49.0 Å². The van der Waals surface area contributed by atoms with Gasteiger partial charge in [-0.25, -0.2) is 4.98 Å². The molecule has 2 heterocycles. The van der Waals surface area contributed by atoms with Crippen LogP contribution < -0.4 is 15.1 Å². The first-order chi connectivity index (χ1) is 13.0. The predicted molar refractivity (Wildman–Crippen MR) is 109 cm³/mol. The minimum absolute atomic E-state index is 0.144. The number of halogens is 1. The highest BCUT2D eigenvalue weighted by Gasteiger charge is 2.29. The average molecular weight is 386 g/mol. The summed E-state index contributed by atoms with van der Waals surface area (Å²) in [7, 11) is 1.81. The molecule has 142 valence electrons. The van der Waals surface area contributed by atoms with Gasteiger partial charge in [-0.3, -0.25) is 4.79 Å². The van der Waals surface area contributed by atoms with Crippen LogP contribution >= 0.6 is 11.6 Å². The van der Waals surface area contributed by atoms with Gasteiger partial charge < -0.3 is 15.1 Å². The molecule has 0 unspecified atom stereocenters. The summed E-state index contributed by atoms with van der Waals surface area (Å²) < 4.78 is 0. The quantitative estimate of drug-likeness (QED) is 0.875. The normalized spacial score (nSPS) is 19.8. The number of benzene rings is 1. The number of hydrogen-bond donors (Lipinski definition) is 1. The zero-order chi connectivity index (χ0) is 19.0. The Labute approximate surface area is 164 Å². The van der Waals surface area contributed by atoms with Gasteiger partial charge in [-0.1, -0.05) is 24.6 Å². The Morgan fingerprint density at radius 1 is 1.11 bits per heavy atom. The lowest BCUT2D eigenvalue weighted by Crippen LogP contribution is -2.47. The zero-order valence-electron chi connectivity index (χ0n) is 15.7. The molecule has 0 radical (unpaired) electrons. The molecular weight excluding hydrogens is 362 g/mol. The van der Waals surface area contributed by atoms with Crippen molar-refractivity contribution in [1.29, 1.82) is 0 Å². The smallest absolute Gasteiger partial charge is 0.227 e. The van der Waals surface area contributed by atoms with Gasteiger partial charge in [-0.15, -0.1) is 0 Å². The van der Waals surface area contributed by atoms with E-state index in [2.05, 4.69) is 33.1 Å². The van der Waals surface area contributed by atoms with E-state index in [9.17, 15) is 4.79 Å². The van der Waals surface area contributed by atoms with Crippen molar-refractivity contribution < 1.29 is 4.79 Å². The van der Waals surface area contributed by atoms with E-state index >= 15 is 0 Å². The summed E-state index contributed by atoms with van der Waals surface area (Å²) in [4.78, 5) is 26.4. The van der Waals surface area contributed by atoms with Crippen LogP contribution in [0.2, 0.25) is 5.02 Å². The van der Waals surface area contributed by atoms with E-state index in [1.54, 1.807) is 0 Å². The third-order valence-electron chi connectivity index (χ3n) is 5.30. The number of piperazine rings is 1. The molecule has 1 saturated heterocycles. The number of nitrogens with zero attached hydrogens (tertiary/aromatic N) is 4. The highest BCUT2D eigenvalue weighted by Crippen LogP contribution is 2.30. The molecule has 0 amide bonds. The van der Waals surface area contributed by atoms with Crippen molar-refractivity contribution in [3.05, 3.63) is 40.5 Å². The lowest BCUT2D eigenvalue weighted by Gasteiger charge is -2.36. The molecule has 2 aliphatic rings. The molecule has 0 spiro atoms. The summed E-state index contributed by atoms with van der Waals surface area (Å²) in [6, 6.07) is 7.96. The van der Waals surface area contributed by atoms with E-state index in [-0.39, 0.29) is 5.78 Å². The minimum Gasteiger partial charge on any atom is -0.372 e. The fourth-order valence-corrected chi connectivity index (χ4v) is 4.10. The maximum absolute atomic E-state index is 12.4. The first kappa shape index (κ1) is 18.0. The lowest BCUT2D eigenvalue weighted by atomic mass is 9.87. The maximum Gasteiger partial charge on any atom is 0.227 e. The van der Waals surface area contributed by atoms with Gasteiger partial charge in [0.1, 0.15) is 5.82 Å². The summed E-state index contributed by atoms with van der Waals surface area (Å²) in [5.74, 6) is 1.84. The Morgan fingerprint density at radius 3 is 2.56 bits per heavy atom. The molecular formula is C20H24ClN5O. The number of aromatic nitrogens is 2. The van der Waals surface area contributed by atoms with Crippen molar-refractivity contribution >= 4 is 34.8 Å². The van der Waals surface area contributed by atoms with Crippen LogP contribution in [-0.2, 0) is 6.42 Å². The number of fused-ring (bicyclic) bond motifs is 1. The van der Waals surface area contributed by atoms with Crippen molar-refractivity contribution in [2.75, 3.05) is 48.3 Å². The van der Waals surface area contributed by atoms with E-state index in [0.29, 0.717) is 29.7 Å². The maximum atomic E-state index is 12.4. The summed E-state index contributed by atoms with van der Waals surface area (Å²) in [6.07, 6.45) is 1.40. The van der Waals surface area contributed by atoms with E-state index in [4.69, 9.17) is 16.6 Å². The second kappa shape index (κ2) is 7.35. The fraction of sp³-hybridized carbons (Fsp3) is 0.450. The number of anilines is 3. The number of carbonyl (C=O) groups excluding carboxylic acids is 1. The van der Waals surface area contributed by atoms with Gasteiger partial charge in [0, 0.05) is 50.4 Å². The van der Waals surface area contributed by atoms with Crippen molar-refractivity contribution in [1.82, 2.24) is 9.97 Å². The van der Waals surface area contributed by atoms with Crippen molar-refractivity contribution in [3.63, 3.8) is 0 Å². The molecule has 1 aliphatic carbocycles. The van der Waals surface area contributed by atoms with Gasteiger partial charge >= 0.3 is 0 Å². The number of Topliss-reactive ketones (excluding diaryl/α,β-unsaturated/α-hetero) is 1. The van der Waals surface area contributed by atoms with E-state index < -0.39 is 0 Å². The molecule has 0 saturated carbocycles. The summed E-state index contributed by atoms with van der Waals surface area (Å²) in [5, 5.41) is 3.85. The standard InChI is InChI=1S/C20H24ClN5O/c1-13-10-16-18(17(27)11-13)19(22-2)24-20(23-16)26-8-6-25(7-9-26)15-5-3-4-14(21)12-15/h3-5,12-13H,6-11H2,1-2H3,(H,22,23,24)/t13-/m0/s1. The first-order valence-corrected chi connectivity index (χ1v) is 9.80. The van der Waals surface area contributed by atoms with Gasteiger partial charge in [0.2, 0.25) is 5.95 Å². The van der Waals surface area contributed by atoms with Crippen molar-refractivity contribution in [2.45, 2.75) is 19.8 Å². The number of ketones is 1. The molecule has 1 fully saturated rings. The molecule has 1 atom stereocenters. The largest absolute Gasteiger partial charge is 0.372 e. The third kappa shape index (κ3) is 3.58. The van der Waals surface area contributed by atoms with Crippen molar-refractivity contribution in [2.24, 2.45) is 5.92 Å². The monoisotopic (exact) mass is 385 g/mol. The Hall–Kier alpha value is -2.34. The Morgan fingerprint density at radius 2 is 1.85 bits per heavy atom. The predicted octanol–water partition coefficient (Wildman–Crippen LogP) is 3.26. The Balaban J connectivity index is 1.55. The number of rotatable bonds is 3. The van der Waals surface area contributed by atoms with Crippen LogP contribution in [0.4, 0.5) is 17.5 Å². The number of hydrogen-bond acceptors (Lipinski definition) is 6. The van der Waals surface area contributed by atoms with Crippen LogP contribution in [0, 0.1) is 5.92 Å². The van der Waals surface area contributed by atoms with Crippen LogP contribution in [0.3, 0.4) is 0 Å². The molecule has 4 rings (SSSR count). The molecule has 2 aromatic rings. The third-order valence-corrected chi connectivity index (χ3v) is 5.53. The van der Waals surface area contributed by atoms with E-state index in [1.165, 1.54) is 0 Å². The molecule has 27 heavy (non-hydrogen) atoms. The molecule has 7 heteroatoms. The summed E-state index contributed by atoms with van der Waals surface area (Å²) in [6.45, 7) is 5.53. The summed E-state index contributed by atoms with van der Waals surface area (Å²) in [5.41, 5.74) is 2.70. The molecule has 1 N–H and O–H groups in total. The van der Waals surface area contributed by atoms with Crippen molar-refractivity contribution in [3.8, 4) is 0 Å². The van der Waals surface area contributed by atoms with E-state index in [0.717, 1.165) is 49.0 Å². The van der Waals surface area contributed by atoms with Crippen LogP contribution in [0.25, 0.3) is 0 Å². The molecule has 0 bridgehead atoms. The van der Waals surface area contributed by atoms with Crippen LogP contribution in [0.1, 0.15) is 29.4 Å². The van der Waals surface area contributed by atoms with E-state index in [1.807, 2.05) is 25.2 Å². The van der Waals surface area contributed by atoms with Crippen LogP contribution in [0.15, 0.2) is 24.3 Å². The first-order valence-electron chi connectivity index (χ1n) is 9.42. The SMILES string of the molecule is CNc1nc(N2CCN(c3cccc(Cl)c3)CC2)nc2c1C(=O)C[C@@H](C)C2. The number of nitrogens with one attached hydrogen (secondary N) is 1.